The largest absolute Gasteiger partial charge is 0.344 e. The van der Waals surface area contributed by atoms with Gasteiger partial charge in [0.1, 0.15) is 0 Å². The lowest BCUT2D eigenvalue weighted by Gasteiger charge is -2.09. The minimum atomic E-state index is -0.181. The van der Waals surface area contributed by atoms with Crippen molar-refractivity contribution in [2.24, 2.45) is 0 Å². The Hall–Kier alpha value is -0.720. The van der Waals surface area contributed by atoms with Crippen LogP contribution < -0.4 is 5.69 Å². The van der Waals surface area contributed by atoms with Gasteiger partial charge in [0.2, 0.25) is 0 Å². The van der Waals surface area contributed by atoms with E-state index in [0.29, 0.717) is 15.9 Å². The fourth-order valence-corrected chi connectivity index (χ4v) is 3.53. The summed E-state index contributed by atoms with van der Waals surface area (Å²) in [6, 6.07) is 5.85. The molecule has 19 heavy (non-hydrogen) atoms. The highest BCUT2D eigenvalue weighted by Crippen LogP contribution is 2.28. The minimum Gasteiger partial charge on any atom is -0.268 e. The highest BCUT2D eigenvalue weighted by molar-refractivity contribution is 9.10. The number of hydrogen-bond donors (Lipinski definition) is 1. The second kappa shape index (κ2) is 6.15. The molecule has 0 bridgehead atoms. The summed E-state index contributed by atoms with van der Waals surface area (Å²) >= 11 is 11.0. The monoisotopic (exact) mass is 361 g/mol. The first-order valence-corrected chi connectivity index (χ1v) is 7.88. The maximum Gasteiger partial charge on any atom is 0.344 e. The summed E-state index contributed by atoms with van der Waals surface area (Å²) in [5, 5.41) is 7.89. The van der Waals surface area contributed by atoms with E-state index >= 15 is 0 Å². The molecular formula is C12H13BrClN3OS. The molecule has 102 valence electrons. The number of rotatable bonds is 4. The van der Waals surface area contributed by atoms with Crippen LogP contribution in [-0.4, -0.2) is 14.8 Å². The van der Waals surface area contributed by atoms with E-state index in [1.807, 2.05) is 32.0 Å². The molecule has 0 aliphatic rings. The molecule has 7 heteroatoms. The van der Waals surface area contributed by atoms with Crippen molar-refractivity contribution in [3.05, 3.63) is 43.7 Å². The summed E-state index contributed by atoms with van der Waals surface area (Å²) in [5.41, 5.74) is 0.833. The summed E-state index contributed by atoms with van der Waals surface area (Å²) in [4.78, 5) is 11.6. The number of H-pyrrole nitrogens is 1. The van der Waals surface area contributed by atoms with Crippen molar-refractivity contribution in [3.63, 3.8) is 0 Å². The maximum absolute atomic E-state index is 11.6. The lowest BCUT2D eigenvalue weighted by Crippen LogP contribution is -2.19. The van der Waals surface area contributed by atoms with E-state index in [4.69, 9.17) is 11.6 Å². The number of thioether (sulfide) groups is 1. The molecule has 0 radical (unpaired) electrons. The van der Waals surface area contributed by atoms with E-state index in [9.17, 15) is 4.79 Å². The van der Waals surface area contributed by atoms with Gasteiger partial charge in [0, 0.05) is 21.3 Å². The van der Waals surface area contributed by atoms with Crippen molar-refractivity contribution in [3.8, 4) is 0 Å². The van der Waals surface area contributed by atoms with Crippen LogP contribution in [0, 0.1) is 0 Å². The van der Waals surface area contributed by atoms with E-state index in [1.165, 1.54) is 11.8 Å². The first-order valence-electron chi connectivity index (χ1n) is 5.72. The molecule has 0 amide bonds. The van der Waals surface area contributed by atoms with Crippen molar-refractivity contribution >= 4 is 39.3 Å². The van der Waals surface area contributed by atoms with Gasteiger partial charge >= 0.3 is 5.69 Å². The first-order chi connectivity index (χ1) is 8.99. The maximum atomic E-state index is 11.6. The van der Waals surface area contributed by atoms with Gasteiger partial charge in [-0.1, -0.05) is 45.4 Å². The van der Waals surface area contributed by atoms with E-state index in [0.717, 1.165) is 10.0 Å². The number of nitrogens with zero attached hydrogens (tertiary/aromatic N) is 2. The summed E-state index contributed by atoms with van der Waals surface area (Å²) in [6.07, 6.45) is 0. The average Bonchev–Trinajstić information content (AvgIpc) is 2.69. The molecule has 2 rings (SSSR count). The summed E-state index contributed by atoms with van der Waals surface area (Å²) in [7, 11) is 0. The molecule has 0 aliphatic carbocycles. The van der Waals surface area contributed by atoms with Gasteiger partial charge in [0.05, 0.1) is 0 Å². The van der Waals surface area contributed by atoms with Crippen molar-refractivity contribution in [2.45, 2.75) is 30.8 Å². The van der Waals surface area contributed by atoms with Gasteiger partial charge in [-0.2, -0.15) is 0 Å². The van der Waals surface area contributed by atoms with Crippen molar-refractivity contribution in [1.82, 2.24) is 14.8 Å². The van der Waals surface area contributed by atoms with Crippen LogP contribution in [0.15, 0.2) is 32.6 Å². The Bertz CT molecular complexity index is 638. The lowest BCUT2D eigenvalue weighted by atomic mass is 10.2. The van der Waals surface area contributed by atoms with Gasteiger partial charge in [0.15, 0.2) is 5.16 Å². The minimum absolute atomic E-state index is 0.0779. The highest BCUT2D eigenvalue weighted by Gasteiger charge is 2.12. The molecule has 0 aliphatic heterocycles. The standard InChI is InChI=1S/C12H13BrClN3OS/c1-7(2)17-11(18)15-16-12(17)19-6-8-3-4-9(13)5-10(8)14/h3-5,7H,6H2,1-2H3,(H,15,18). The topological polar surface area (TPSA) is 50.7 Å². The molecule has 2 aromatic rings. The van der Waals surface area contributed by atoms with E-state index in [-0.39, 0.29) is 11.7 Å². The fourth-order valence-electron chi connectivity index (χ4n) is 1.63. The Labute approximate surface area is 128 Å². The van der Waals surface area contributed by atoms with Gasteiger partial charge in [-0.3, -0.25) is 4.57 Å². The van der Waals surface area contributed by atoms with Crippen molar-refractivity contribution < 1.29 is 0 Å². The second-order valence-electron chi connectivity index (χ2n) is 4.30. The molecule has 0 saturated carbocycles. The molecule has 0 fully saturated rings. The number of aromatic amines is 1. The fraction of sp³-hybridized carbons (Fsp3) is 0.333. The Morgan fingerprint density at radius 2 is 2.26 bits per heavy atom. The lowest BCUT2D eigenvalue weighted by molar-refractivity contribution is 0.534. The number of aromatic nitrogens is 3. The predicted octanol–water partition coefficient (Wildman–Crippen LogP) is 3.86. The second-order valence-corrected chi connectivity index (χ2v) is 6.56. The zero-order valence-electron chi connectivity index (χ0n) is 10.5. The third kappa shape index (κ3) is 3.43. The van der Waals surface area contributed by atoms with Crippen molar-refractivity contribution in [1.29, 1.82) is 0 Å². The number of nitrogens with one attached hydrogen (secondary N) is 1. The Kier molecular flexibility index (Phi) is 4.76. The normalized spacial score (nSPS) is 11.2. The first kappa shape index (κ1) is 14.7. The van der Waals surface area contributed by atoms with E-state index < -0.39 is 0 Å². The molecule has 0 spiro atoms. The molecule has 1 heterocycles. The highest BCUT2D eigenvalue weighted by atomic mass is 79.9. The summed E-state index contributed by atoms with van der Waals surface area (Å²) in [6.45, 7) is 3.90. The van der Waals surface area contributed by atoms with Crippen LogP contribution in [0.4, 0.5) is 0 Å². The molecule has 0 atom stereocenters. The average molecular weight is 363 g/mol. The molecule has 0 unspecified atom stereocenters. The predicted molar refractivity (Wildman–Crippen MR) is 81.9 cm³/mol. The van der Waals surface area contributed by atoms with Gasteiger partial charge in [-0.05, 0) is 31.5 Å². The van der Waals surface area contributed by atoms with E-state index in [1.54, 1.807) is 4.57 Å². The third-order valence-corrected chi connectivity index (χ3v) is 4.41. The Morgan fingerprint density at radius 1 is 1.53 bits per heavy atom. The van der Waals surface area contributed by atoms with Gasteiger partial charge < -0.3 is 0 Å². The number of halogens is 2. The van der Waals surface area contributed by atoms with Crippen molar-refractivity contribution in [2.75, 3.05) is 0 Å². The summed E-state index contributed by atoms with van der Waals surface area (Å²) in [5.74, 6) is 0.670. The smallest absolute Gasteiger partial charge is 0.268 e. The van der Waals surface area contributed by atoms with Gasteiger partial charge in [-0.15, -0.1) is 5.10 Å². The van der Waals surface area contributed by atoms with Crippen LogP contribution in [0.2, 0.25) is 5.02 Å². The number of hydrogen-bond acceptors (Lipinski definition) is 3. The molecule has 1 N–H and O–H groups in total. The SMILES string of the molecule is CC(C)n1c(SCc2ccc(Br)cc2Cl)n[nH]c1=O. The third-order valence-electron chi connectivity index (χ3n) is 2.56. The van der Waals surface area contributed by atoms with Gasteiger partial charge in [-0.25, -0.2) is 9.89 Å². The molecule has 1 aromatic carbocycles. The van der Waals surface area contributed by atoms with Crippen LogP contribution in [0.25, 0.3) is 0 Å². The number of benzene rings is 1. The van der Waals surface area contributed by atoms with Gasteiger partial charge in [0.25, 0.3) is 0 Å². The summed E-state index contributed by atoms with van der Waals surface area (Å²) < 4.78 is 2.59. The zero-order valence-corrected chi connectivity index (χ0v) is 13.6. The van der Waals surface area contributed by atoms with Crippen LogP contribution in [-0.2, 0) is 5.75 Å². The Morgan fingerprint density at radius 3 is 2.89 bits per heavy atom. The molecule has 0 saturated heterocycles. The zero-order chi connectivity index (χ0) is 14.0. The Balaban J connectivity index is 2.17. The van der Waals surface area contributed by atoms with Crippen LogP contribution in [0.1, 0.15) is 25.5 Å². The van der Waals surface area contributed by atoms with Crippen LogP contribution in [0.5, 0.6) is 0 Å². The van der Waals surface area contributed by atoms with Crippen LogP contribution in [0.3, 0.4) is 0 Å². The van der Waals surface area contributed by atoms with E-state index in [2.05, 4.69) is 26.1 Å². The quantitative estimate of drug-likeness (QED) is 0.840. The molecular weight excluding hydrogens is 350 g/mol. The molecule has 4 nitrogen and oxygen atoms in total. The van der Waals surface area contributed by atoms with Crippen LogP contribution >= 0.6 is 39.3 Å². The molecule has 1 aromatic heterocycles.